The largest absolute Gasteiger partial charge is 0.508 e. The van der Waals surface area contributed by atoms with Gasteiger partial charge in [-0.05, 0) is 12.1 Å². The van der Waals surface area contributed by atoms with Crippen LogP contribution >= 0.6 is 0 Å². The van der Waals surface area contributed by atoms with E-state index in [2.05, 4.69) is 5.10 Å². The van der Waals surface area contributed by atoms with Crippen LogP contribution in [-0.4, -0.2) is 26.0 Å². The molecule has 14 heavy (non-hydrogen) atoms. The van der Waals surface area contributed by atoms with Crippen molar-refractivity contribution in [3.8, 4) is 5.75 Å². The molecule has 0 spiro atoms. The third-order valence-corrected chi connectivity index (χ3v) is 1.91. The molecular formula is C9H8N2O3. The minimum Gasteiger partial charge on any atom is -0.508 e. The van der Waals surface area contributed by atoms with E-state index in [0.717, 1.165) is 5.39 Å². The van der Waals surface area contributed by atoms with Gasteiger partial charge in [0.2, 0.25) is 0 Å². The van der Waals surface area contributed by atoms with Crippen LogP contribution in [0.2, 0.25) is 0 Å². The maximum absolute atomic E-state index is 10.5. The van der Waals surface area contributed by atoms with Gasteiger partial charge in [0.25, 0.3) is 0 Å². The molecule has 1 aromatic carbocycles. The monoisotopic (exact) mass is 192 g/mol. The molecule has 0 unspecified atom stereocenters. The number of carboxylic acid groups (broad SMARTS) is 1. The number of hydrogen-bond acceptors (Lipinski definition) is 3. The summed E-state index contributed by atoms with van der Waals surface area (Å²) >= 11 is 0. The highest BCUT2D eigenvalue weighted by molar-refractivity contribution is 5.81. The third-order valence-electron chi connectivity index (χ3n) is 1.91. The smallest absolute Gasteiger partial charge is 0.325 e. The second kappa shape index (κ2) is 3.02. The molecule has 2 N–H and O–H groups in total. The Bertz CT molecular complexity index is 490. The predicted molar refractivity (Wildman–Crippen MR) is 49.0 cm³/mol. The van der Waals surface area contributed by atoms with E-state index >= 15 is 0 Å². The molecule has 0 atom stereocenters. The second-order valence-electron chi connectivity index (χ2n) is 2.94. The lowest BCUT2D eigenvalue weighted by Gasteiger charge is -1.99. The zero-order valence-electron chi connectivity index (χ0n) is 7.21. The molecule has 2 aromatic rings. The summed E-state index contributed by atoms with van der Waals surface area (Å²) in [6.45, 7) is -0.201. The van der Waals surface area contributed by atoms with E-state index in [9.17, 15) is 9.90 Å². The van der Waals surface area contributed by atoms with E-state index in [1.165, 1.54) is 16.8 Å². The zero-order chi connectivity index (χ0) is 10.1. The molecule has 0 fully saturated rings. The number of nitrogens with zero attached hydrogens (tertiary/aromatic N) is 2. The molecule has 0 saturated heterocycles. The van der Waals surface area contributed by atoms with E-state index in [-0.39, 0.29) is 12.3 Å². The summed E-state index contributed by atoms with van der Waals surface area (Å²) in [6, 6.07) is 4.72. The maximum Gasteiger partial charge on any atom is 0.325 e. The lowest BCUT2D eigenvalue weighted by molar-refractivity contribution is -0.137. The summed E-state index contributed by atoms with van der Waals surface area (Å²) in [5, 5.41) is 22.5. The summed E-state index contributed by atoms with van der Waals surface area (Å²) in [5.74, 6) is -0.858. The van der Waals surface area contributed by atoms with Crippen molar-refractivity contribution >= 4 is 16.9 Å². The number of aliphatic carboxylic acids is 1. The van der Waals surface area contributed by atoms with Gasteiger partial charge >= 0.3 is 5.97 Å². The van der Waals surface area contributed by atoms with E-state index < -0.39 is 5.97 Å². The van der Waals surface area contributed by atoms with Crippen LogP contribution in [0.4, 0.5) is 0 Å². The Hall–Kier alpha value is -2.04. The van der Waals surface area contributed by atoms with Gasteiger partial charge in [-0.1, -0.05) is 0 Å². The van der Waals surface area contributed by atoms with Crippen molar-refractivity contribution in [2.75, 3.05) is 0 Å². The van der Waals surface area contributed by atoms with Crippen LogP contribution in [0.5, 0.6) is 5.75 Å². The van der Waals surface area contributed by atoms with Gasteiger partial charge in [0.1, 0.15) is 12.3 Å². The molecule has 1 heterocycles. The van der Waals surface area contributed by atoms with Crippen molar-refractivity contribution < 1.29 is 15.0 Å². The van der Waals surface area contributed by atoms with Crippen molar-refractivity contribution in [1.29, 1.82) is 0 Å². The van der Waals surface area contributed by atoms with Crippen LogP contribution in [-0.2, 0) is 11.3 Å². The van der Waals surface area contributed by atoms with Gasteiger partial charge in [-0.2, -0.15) is 5.10 Å². The van der Waals surface area contributed by atoms with Gasteiger partial charge < -0.3 is 10.2 Å². The molecular weight excluding hydrogens is 184 g/mol. The number of fused-ring (bicyclic) bond motifs is 1. The number of benzene rings is 1. The molecule has 0 amide bonds. The number of aromatic hydroxyl groups is 1. The molecule has 0 saturated carbocycles. The number of phenolic OH excluding ortho intramolecular Hbond substituents is 1. The highest BCUT2D eigenvalue weighted by atomic mass is 16.4. The molecule has 5 nitrogen and oxygen atoms in total. The van der Waals surface area contributed by atoms with Gasteiger partial charge in [0.05, 0.1) is 11.7 Å². The zero-order valence-corrected chi connectivity index (χ0v) is 7.21. The summed E-state index contributed by atoms with van der Waals surface area (Å²) in [5.41, 5.74) is 0.618. The topological polar surface area (TPSA) is 75.3 Å². The fourth-order valence-electron chi connectivity index (χ4n) is 1.31. The molecule has 1 aromatic heterocycles. The average Bonchev–Trinajstić information content (AvgIpc) is 2.47. The number of aromatic nitrogens is 2. The lowest BCUT2D eigenvalue weighted by atomic mass is 10.2. The fourth-order valence-corrected chi connectivity index (χ4v) is 1.31. The number of carbonyl (C=O) groups is 1. The molecule has 72 valence electrons. The first kappa shape index (κ1) is 8.55. The Morgan fingerprint density at radius 2 is 2.29 bits per heavy atom. The molecule has 0 aliphatic carbocycles. The molecule has 0 aliphatic rings. The summed E-state index contributed by atoms with van der Waals surface area (Å²) < 4.78 is 1.33. The molecule has 0 bridgehead atoms. The summed E-state index contributed by atoms with van der Waals surface area (Å²) in [4.78, 5) is 10.5. The predicted octanol–water partition coefficient (Wildman–Crippen LogP) is 0.826. The highest BCUT2D eigenvalue weighted by Gasteiger charge is 2.06. The minimum atomic E-state index is -0.960. The van der Waals surface area contributed by atoms with Crippen LogP contribution in [0.3, 0.4) is 0 Å². The average molecular weight is 192 g/mol. The quantitative estimate of drug-likeness (QED) is 0.738. The minimum absolute atomic E-state index is 0.102. The molecule has 5 heteroatoms. The number of hydrogen-bond donors (Lipinski definition) is 2. The molecule has 0 aliphatic heterocycles. The van der Waals surface area contributed by atoms with Crippen molar-refractivity contribution in [3.63, 3.8) is 0 Å². The van der Waals surface area contributed by atoms with Crippen LogP contribution in [0.25, 0.3) is 10.9 Å². The van der Waals surface area contributed by atoms with Gasteiger partial charge in [-0.3, -0.25) is 9.48 Å². The Morgan fingerprint density at radius 3 is 3.00 bits per heavy atom. The van der Waals surface area contributed by atoms with Gasteiger partial charge in [0, 0.05) is 11.5 Å². The third kappa shape index (κ3) is 1.39. The number of carboxylic acids is 1. The van der Waals surface area contributed by atoms with Crippen molar-refractivity contribution in [3.05, 3.63) is 24.4 Å². The van der Waals surface area contributed by atoms with Crippen molar-refractivity contribution in [2.24, 2.45) is 0 Å². The number of rotatable bonds is 2. The van der Waals surface area contributed by atoms with E-state index in [0.29, 0.717) is 5.52 Å². The van der Waals surface area contributed by atoms with Gasteiger partial charge in [-0.15, -0.1) is 0 Å². The lowest BCUT2D eigenvalue weighted by Crippen LogP contribution is -2.09. The Kier molecular flexibility index (Phi) is 1.85. The normalized spacial score (nSPS) is 10.6. The van der Waals surface area contributed by atoms with Crippen molar-refractivity contribution in [1.82, 2.24) is 9.78 Å². The standard InChI is InChI=1S/C9H8N2O3/c12-7-2-1-6-4-10-11(5-9(13)14)8(6)3-7/h1-4,12H,5H2,(H,13,14). The fraction of sp³-hybridized carbons (Fsp3) is 0.111. The van der Waals surface area contributed by atoms with E-state index in [4.69, 9.17) is 5.11 Å². The van der Waals surface area contributed by atoms with Crippen LogP contribution in [0.1, 0.15) is 0 Å². The van der Waals surface area contributed by atoms with Gasteiger partial charge in [0.15, 0.2) is 0 Å². The Labute approximate surface area is 79.2 Å². The maximum atomic E-state index is 10.5. The Balaban J connectivity index is 2.55. The van der Waals surface area contributed by atoms with E-state index in [1.54, 1.807) is 12.3 Å². The first-order valence-corrected chi connectivity index (χ1v) is 4.03. The summed E-state index contributed by atoms with van der Waals surface area (Å²) in [6.07, 6.45) is 1.57. The first-order chi connectivity index (χ1) is 6.66. The van der Waals surface area contributed by atoms with Crippen LogP contribution in [0.15, 0.2) is 24.4 Å². The van der Waals surface area contributed by atoms with Gasteiger partial charge in [-0.25, -0.2) is 0 Å². The van der Waals surface area contributed by atoms with E-state index in [1.807, 2.05) is 0 Å². The number of phenols is 1. The van der Waals surface area contributed by atoms with Crippen LogP contribution < -0.4 is 0 Å². The molecule has 2 rings (SSSR count). The van der Waals surface area contributed by atoms with Crippen LogP contribution in [0, 0.1) is 0 Å². The first-order valence-electron chi connectivity index (χ1n) is 4.03. The SMILES string of the molecule is O=C(O)Cn1ncc2ccc(O)cc21. The van der Waals surface area contributed by atoms with Crippen molar-refractivity contribution in [2.45, 2.75) is 6.54 Å². The highest BCUT2D eigenvalue weighted by Crippen LogP contribution is 2.19. The second-order valence-corrected chi connectivity index (χ2v) is 2.94. The Morgan fingerprint density at radius 1 is 1.50 bits per heavy atom. The summed E-state index contributed by atoms with van der Waals surface area (Å²) in [7, 11) is 0. The molecule has 0 radical (unpaired) electrons.